The van der Waals surface area contributed by atoms with Crippen LogP contribution in [0.5, 0.6) is 28.7 Å². The third kappa shape index (κ3) is 7.10. The average Bonchev–Trinajstić information content (AvgIpc) is 3.59. The SMILES string of the molecule is C=CCOC(=O)N1[C@H](COC(C)=O)Cc2cc(C)c(OC)c(OCC=C)c2[C@@H]1[C@@H]1COC(=O)[C@@H](c2cc(OCOC)c(C)c3c2OCO3)N1. The van der Waals surface area contributed by atoms with Crippen molar-refractivity contribution in [3.63, 3.8) is 0 Å². The lowest BCUT2D eigenvalue weighted by molar-refractivity contribution is -0.154. The maximum absolute atomic E-state index is 14.0. The van der Waals surface area contributed by atoms with Gasteiger partial charge >= 0.3 is 18.0 Å². The molecule has 0 saturated carbocycles. The van der Waals surface area contributed by atoms with Gasteiger partial charge in [0.2, 0.25) is 6.79 Å². The molecule has 0 aliphatic carbocycles. The number of methoxy groups -OCH3 is 2. The van der Waals surface area contributed by atoms with E-state index in [9.17, 15) is 14.4 Å². The smallest absolute Gasteiger partial charge is 0.411 e. The van der Waals surface area contributed by atoms with Crippen molar-refractivity contribution in [3.8, 4) is 28.7 Å². The van der Waals surface area contributed by atoms with Gasteiger partial charge in [-0.25, -0.2) is 9.59 Å². The summed E-state index contributed by atoms with van der Waals surface area (Å²) in [6.07, 6.45) is 2.66. The number of fused-ring (bicyclic) bond motifs is 2. The van der Waals surface area contributed by atoms with Crippen molar-refractivity contribution >= 4 is 18.0 Å². The Kier molecular flexibility index (Phi) is 11.2. The van der Waals surface area contributed by atoms with Gasteiger partial charge < -0.3 is 42.6 Å². The summed E-state index contributed by atoms with van der Waals surface area (Å²) in [5, 5.41) is 3.43. The van der Waals surface area contributed by atoms with Crippen LogP contribution in [0.15, 0.2) is 37.4 Å². The fourth-order valence-corrected chi connectivity index (χ4v) is 6.49. The first-order valence-corrected chi connectivity index (χ1v) is 15.8. The van der Waals surface area contributed by atoms with Gasteiger partial charge in [-0.05, 0) is 37.5 Å². The predicted molar refractivity (Wildman–Crippen MR) is 174 cm³/mol. The van der Waals surface area contributed by atoms with Crippen molar-refractivity contribution in [2.24, 2.45) is 0 Å². The van der Waals surface area contributed by atoms with Crippen LogP contribution in [0.3, 0.4) is 0 Å². The molecule has 0 bridgehead atoms. The molecule has 1 fully saturated rings. The second-order valence-electron chi connectivity index (χ2n) is 11.6. The molecule has 14 heteroatoms. The lowest BCUT2D eigenvalue weighted by Crippen LogP contribution is -2.59. The van der Waals surface area contributed by atoms with Crippen LogP contribution in [0.4, 0.5) is 4.79 Å². The molecule has 49 heavy (non-hydrogen) atoms. The van der Waals surface area contributed by atoms with Crippen molar-refractivity contribution in [2.45, 2.75) is 51.4 Å². The molecule has 0 radical (unpaired) electrons. The normalized spacial score (nSPS) is 20.8. The van der Waals surface area contributed by atoms with Crippen LogP contribution in [0.1, 0.15) is 46.8 Å². The largest absolute Gasteiger partial charge is 0.493 e. The maximum atomic E-state index is 14.0. The number of hydrogen-bond acceptors (Lipinski definition) is 13. The van der Waals surface area contributed by atoms with Gasteiger partial charge in [0.15, 0.2) is 29.8 Å². The summed E-state index contributed by atoms with van der Waals surface area (Å²) in [5.74, 6) is 1.01. The van der Waals surface area contributed by atoms with Crippen LogP contribution in [-0.2, 0) is 35.0 Å². The summed E-state index contributed by atoms with van der Waals surface area (Å²) in [6, 6.07) is 0.269. The zero-order valence-corrected chi connectivity index (χ0v) is 28.3. The van der Waals surface area contributed by atoms with Gasteiger partial charge in [-0.15, -0.1) is 0 Å². The number of nitrogens with zero attached hydrogens (tertiary/aromatic N) is 1. The predicted octanol–water partition coefficient (Wildman–Crippen LogP) is 4.00. The first kappa shape index (κ1) is 35.4. The van der Waals surface area contributed by atoms with E-state index >= 15 is 0 Å². The summed E-state index contributed by atoms with van der Waals surface area (Å²) in [7, 11) is 3.03. The van der Waals surface area contributed by atoms with Gasteiger partial charge in [-0.1, -0.05) is 31.4 Å². The van der Waals surface area contributed by atoms with Gasteiger partial charge in [0.1, 0.15) is 38.2 Å². The molecule has 1 saturated heterocycles. The summed E-state index contributed by atoms with van der Waals surface area (Å²) in [5.41, 5.74) is 3.32. The molecule has 4 atom stereocenters. The first-order valence-electron chi connectivity index (χ1n) is 15.8. The van der Waals surface area contributed by atoms with E-state index in [2.05, 4.69) is 18.5 Å². The maximum Gasteiger partial charge on any atom is 0.411 e. The van der Waals surface area contributed by atoms with E-state index in [1.54, 1.807) is 12.1 Å². The van der Waals surface area contributed by atoms with Crippen molar-refractivity contribution in [1.82, 2.24) is 10.2 Å². The van der Waals surface area contributed by atoms with Crippen LogP contribution in [0, 0.1) is 13.8 Å². The monoisotopic (exact) mass is 682 g/mol. The Labute approximate surface area is 284 Å². The van der Waals surface area contributed by atoms with Crippen molar-refractivity contribution in [1.29, 1.82) is 0 Å². The van der Waals surface area contributed by atoms with Crippen molar-refractivity contribution in [2.75, 3.05) is 54.2 Å². The van der Waals surface area contributed by atoms with Gasteiger partial charge in [-0.2, -0.15) is 0 Å². The van der Waals surface area contributed by atoms with Gasteiger partial charge in [-0.3, -0.25) is 15.0 Å². The fourth-order valence-electron chi connectivity index (χ4n) is 6.49. The van der Waals surface area contributed by atoms with Crippen LogP contribution in [-0.4, -0.2) is 89.2 Å². The molecular formula is C35H42N2O12. The molecule has 0 spiro atoms. The Balaban J connectivity index is 1.68. The molecule has 1 N–H and O–H groups in total. The summed E-state index contributed by atoms with van der Waals surface area (Å²) in [4.78, 5) is 41.1. The molecule has 3 aliphatic heterocycles. The third-order valence-corrected chi connectivity index (χ3v) is 8.47. The lowest BCUT2D eigenvalue weighted by Gasteiger charge is -2.47. The number of benzene rings is 2. The third-order valence-electron chi connectivity index (χ3n) is 8.47. The summed E-state index contributed by atoms with van der Waals surface area (Å²) in [6.45, 7) is 12.2. The second kappa shape index (κ2) is 15.5. The first-order chi connectivity index (χ1) is 23.6. The molecule has 0 unspecified atom stereocenters. The Morgan fingerprint density at radius 2 is 1.78 bits per heavy atom. The Bertz CT molecular complexity index is 1610. The highest BCUT2D eigenvalue weighted by molar-refractivity contribution is 5.81. The van der Waals surface area contributed by atoms with Crippen molar-refractivity contribution in [3.05, 3.63) is 65.3 Å². The Morgan fingerprint density at radius 1 is 1.02 bits per heavy atom. The molecule has 5 rings (SSSR count). The zero-order chi connectivity index (χ0) is 35.2. The van der Waals surface area contributed by atoms with E-state index in [0.717, 1.165) is 11.1 Å². The number of aryl methyl sites for hydroxylation is 1. The van der Waals surface area contributed by atoms with E-state index in [1.807, 2.05) is 19.9 Å². The highest BCUT2D eigenvalue weighted by Crippen LogP contribution is 2.50. The Hall–Kier alpha value is -4.95. The summed E-state index contributed by atoms with van der Waals surface area (Å²) < 4.78 is 51.5. The van der Waals surface area contributed by atoms with E-state index in [4.69, 9.17) is 42.6 Å². The zero-order valence-electron chi connectivity index (χ0n) is 28.3. The number of ether oxygens (including phenoxy) is 9. The second-order valence-corrected chi connectivity index (χ2v) is 11.6. The van der Waals surface area contributed by atoms with Crippen LogP contribution in [0.25, 0.3) is 0 Å². The number of morpholine rings is 1. The average molecular weight is 683 g/mol. The van der Waals surface area contributed by atoms with E-state index in [0.29, 0.717) is 51.9 Å². The van der Waals surface area contributed by atoms with Gasteiger partial charge in [0.25, 0.3) is 0 Å². The minimum atomic E-state index is -1.08. The molecule has 2 aromatic carbocycles. The van der Waals surface area contributed by atoms with Crippen molar-refractivity contribution < 1.29 is 57.0 Å². The van der Waals surface area contributed by atoms with Crippen LogP contribution in [0.2, 0.25) is 0 Å². The molecular weight excluding hydrogens is 640 g/mol. The molecule has 3 aliphatic rings. The highest BCUT2D eigenvalue weighted by atomic mass is 16.7. The Morgan fingerprint density at radius 3 is 2.47 bits per heavy atom. The fraction of sp³-hybridized carbons (Fsp3) is 0.457. The number of cyclic esters (lactones) is 1. The standard InChI is InChI=1S/C35H42N2O12/c1-8-10-43-33-27-22(12-19(3)30(33)42-7)13-23(15-45-21(5)38)37(35(40)44-11-9-2)29(27)25-16-46-34(39)28(36-25)24-14-26(47-17-41-6)20(4)31-32(24)49-18-48-31/h8-9,12,14,23,25,28-29,36H,1-2,10-11,13,15-18H2,3-7H3/t23-,25-,28+,29-/m0/s1. The van der Waals surface area contributed by atoms with Gasteiger partial charge in [0, 0.05) is 30.7 Å². The quantitative estimate of drug-likeness (QED) is 0.141. The van der Waals surface area contributed by atoms with Crippen LogP contribution >= 0.6 is 0 Å². The summed E-state index contributed by atoms with van der Waals surface area (Å²) >= 11 is 0. The molecule has 0 aromatic heterocycles. The number of carbonyl (C=O) groups excluding carboxylic acids is 3. The van der Waals surface area contributed by atoms with E-state index < -0.39 is 42.2 Å². The molecule has 14 nitrogen and oxygen atoms in total. The van der Waals surface area contributed by atoms with E-state index in [1.165, 1.54) is 32.1 Å². The number of carbonyl (C=O) groups is 3. The molecule has 1 amide bonds. The highest BCUT2D eigenvalue weighted by Gasteiger charge is 2.49. The lowest BCUT2D eigenvalue weighted by atomic mass is 9.82. The van der Waals surface area contributed by atoms with Crippen LogP contribution < -0.4 is 29.0 Å². The number of nitrogens with one attached hydrogen (secondary N) is 1. The topological polar surface area (TPSA) is 150 Å². The molecule has 2 aromatic rings. The minimum absolute atomic E-state index is 0.0375. The van der Waals surface area contributed by atoms with Gasteiger partial charge in [0.05, 0.1) is 25.2 Å². The number of rotatable bonds is 13. The molecule has 264 valence electrons. The number of esters is 2. The number of amides is 1. The molecule has 3 heterocycles. The number of hydrogen-bond donors (Lipinski definition) is 1. The minimum Gasteiger partial charge on any atom is -0.493 e. The van der Waals surface area contributed by atoms with E-state index in [-0.39, 0.29) is 40.0 Å².